The maximum absolute atomic E-state index is 11.1. The zero-order valence-electron chi connectivity index (χ0n) is 9.63. The summed E-state index contributed by atoms with van der Waals surface area (Å²) in [7, 11) is 1.38. The smallest absolute Gasteiger partial charge is 0.309 e. The molecule has 3 nitrogen and oxygen atoms in total. The molecule has 0 saturated carbocycles. The van der Waals surface area contributed by atoms with Crippen molar-refractivity contribution in [3.63, 3.8) is 0 Å². The minimum atomic E-state index is -0.254. The highest BCUT2D eigenvalue weighted by atomic mass is 35.5. The first-order valence-electron chi connectivity index (χ1n) is 5.44. The van der Waals surface area contributed by atoms with Gasteiger partial charge in [-0.1, -0.05) is 29.8 Å². The molecule has 0 unspecified atom stereocenters. The summed E-state index contributed by atoms with van der Waals surface area (Å²) in [5.41, 5.74) is 3.21. The number of halogens is 1. The minimum Gasteiger partial charge on any atom is -0.469 e. The Hall–Kier alpha value is -1.32. The first-order valence-corrected chi connectivity index (χ1v) is 5.82. The molecule has 2 rings (SSSR count). The molecule has 0 aromatic heterocycles. The van der Waals surface area contributed by atoms with E-state index in [1.165, 1.54) is 12.7 Å². The van der Waals surface area contributed by atoms with Crippen molar-refractivity contribution in [2.75, 3.05) is 20.2 Å². The Bertz CT molecular complexity index is 462. The van der Waals surface area contributed by atoms with Gasteiger partial charge in [-0.15, -0.1) is 0 Å². The zero-order valence-corrected chi connectivity index (χ0v) is 10.4. The Morgan fingerprint density at radius 2 is 2.29 bits per heavy atom. The van der Waals surface area contributed by atoms with Gasteiger partial charge in [-0.2, -0.15) is 0 Å². The van der Waals surface area contributed by atoms with E-state index in [-0.39, 0.29) is 12.4 Å². The van der Waals surface area contributed by atoms with Crippen LogP contribution in [-0.2, 0) is 16.0 Å². The Morgan fingerprint density at radius 1 is 1.53 bits per heavy atom. The van der Waals surface area contributed by atoms with Crippen LogP contribution < -0.4 is 5.32 Å². The third-order valence-electron chi connectivity index (χ3n) is 2.70. The molecule has 1 aromatic carbocycles. The van der Waals surface area contributed by atoms with Crippen LogP contribution in [0.2, 0.25) is 5.02 Å². The van der Waals surface area contributed by atoms with Crippen molar-refractivity contribution in [1.82, 2.24) is 5.32 Å². The lowest BCUT2D eigenvalue weighted by Gasteiger charge is -2.18. The van der Waals surface area contributed by atoms with Crippen molar-refractivity contribution >= 4 is 23.6 Å². The van der Waals surface area contributed by atoms with E-state index in [9.17, 15) is 4.79 Å². The Labute approximate surface area is 105 Å². The molecule has 0 atom stereocenters. The van der Waals surface area contributed by atoms with E-state index >= 15 is 0 Å². The predicted octanol–water partition coefficient (Wildman–Crippen LogP) is 2.04. The average molecular weight is 252 g/mol. The SMILES string of the molecule is COC(=O)Cc1ccc(C=C2CNC2)c(Cl)c1. The van der Waals surface area contributed by atoms with Crippen LogP contribution in [0.1, 0.15) is 11.1 Å². The lowest BCUT2D eigenvalue weighted by molar-refractivity contribution is -0.139. The molecule has 1 aliphatic rings. The Balaban J connectivity index is 2.13. The summed E-state index contributed by atoms with van der Waals surface area (Å²) in [6.07, 6.45) is 2.34. The summed E-state index contributed by atoms with van der Waals surface area (Å²) in [4.78, 5) is 11.1. The molecule has 90 valence electrons. The molecule has 0 bridgehead atoms. The quantitative estimate of drug-likeness (QED) is 0.836. The molecule has 0 aliphatic carbocycles. The normalized spacial score (nSPS) is 14.1. The number of carbonyl (C=O) groups is 1. The lowest BCUT2D eigenvalue weighted by Crippen LogP contribution is -2.33. The van der Waals surface area contributed by atoms with Gasteiger partial charge >= 0.3 is 5.97 Å². The van der Waals surface area contributed by atoms with Crippen molar-refractivity contribution in [2.45, 2.75) is 6.42 Å². The second-order valence-electron chi connectivity index (χ2n) is 4.01. The largest absolute Gasteiger partial charge is 0.469 e. The number of nitrogens with one attached hydrogen (secondary N) is 1. The fraction of sp³-hybridized carbons (Fsp3) is 0.308. The fourth-order valence-electron chi connectivity index (χ4n) is 1.63. The molecule has 1 saturated heterocycles. The van der Waals surface area contributed by atoms with Gasteiger partial charge in [0.25, 0.3) is 0 Å². The molecule has 1 N–H and O–H groups in total. The number of benzene rings is 1. The van der Waals surface area contributed by atoms with Gasteiger partial charge in [-0.05, 0) is 22.8 Å². The number of hydrogen-bond acceptors (Lipinski definition) is 3. The zero-order chi connectivity index (χ0) is 12.3. The van der Waals surface area contributed by atoms with Gasteiger partial charge in [0.05, 0.1) is 13.5 Å². The van der Waals surface area contributed by atoms with Gasteiger partial charge in [-0.3, -0.25) is 4.79 Å². The van der Waals surface area contributed by atoms with Crippen LogP contribution in [0.5, 0.6) is 0 Å². The molecular weight excluding hydrogens is 238 g/mol. The molecule has 1 aliphatic heterocycles. The highest BCUT2D eigenvalue weighted by Gasteiger charge is 2.09. The first kappa shape index (κ1) is 12.1. The molecule has 17 heavy (non-hydrogen) atoms. The summed E-state index contributed by atoms with van der Waals surface area (Å²) in [6, 6.07) is 5.66. The minimum absolute atomic E-state index is 0.254. The number of methoxy groups -OCH3 is 1. The van der Waals surface area contributed by atoms with Crippen LogP contribution >= 0.6 is 11.6 Å². The van der Waals surface area contributed by atoms with Crippen LogP contribution in [0.25, 0.3) is 6.08 Å². The summed E-state index contributed by atoms with van der Waals surface area (Å²) in [5.74, 6) is -0.254. The average Bonchev–Trinajstić information content (AvgIpc) is 2.25. The number of rotatable bonds is 3. The van der Waals surface area contributed by atoms with Crippen LogP contribution in [0, 0.1) is 0 Å². The first-order chi connectivity index (χ1) is 8.19. The molecule has 1 aromatic rings. The standard InChI is InChI=1S/C13H14ClNO2/c1-17-13(16)6-9-2-3-11(12(14)5-9)4-10-7-15-8-10/h2-5,15H,6-8H2,1H3. The van der Waals surface area contributed by atoms with Crippen molar-refractivity contribution in [3.8, 4) is 0 Å². The van der Waals surface area contributed by atoms with E-state index in [1.807, 2.05) is 18.2 Å². The third-order valence-corrected chi connectivity index (χ3v) is 3.03. The summed E-state index contributed by atoms with van der Waals surface area (Å²) >= 11 is 6.16. The van der Waals surface area contributed by atoms with Gasteiger partial charge in [0.1, 0.15) is 0 Å². The Morgan fingerprint density at radius 3 is 2.82 bits per heavy atom. The maximum Gasteiger partial charge on any atom is 0.309 e. The van der Waals surface area contributed by atoms with E-state index in [2.05, 4.69) is 16.1 Å². The molecule has 4 heteroatoms. The topological polar surface area (TPSA) is 38.3 Å². The van der Waals surface area contributed by atoms with Crippen molar-refractivity contribution in [1.29, 1.82) is 0 Å². The fourth-order valence-corrected chi connectivity index (χ4v) is 1.89. The molecule has 0 amide bonds. The van der Waals surface area contributed by atoms with Gasteiger partial charge in [-0.25, -0.2) is 0 Å². The van der Waals surface area contributed by atoms with Gasteiger partial charge < -0.3 is 10.1 Å². The van der Waals surface area contributed by atoms with Crippen molar-refractivity contribution in [3.05, 3.63) is 39.9 Å². The highest BCUT2D eigenvalue weighted by Crippen LogP contribution is 2.22. The number of carbonyl (C=O) groups excluding carboxylic acids is 1. The summed E-state index contributed by atoms with van der Waals surface area (Å²) < 4.78 is 4.61. The van der Waals surface area contributed by atoms with E-state index in [1.54, 1.807) is 0 Å². The van der Waals surface area contributed by atoms with Gasteiger partial charge in [0, 0.05) is 18.1 Å². The molecule has 0 spiro atoms. The van der Waals surface area contributed by atoms with Crippen LogP contribution in [0.15, 0.2) is 23.8 Å². The van der Waals surface area contributed by atoms with Gasteiger partial charge in [0.2, 0.25) is 0 Å². The molecule has 0 radical (unpaired) electrons. The predicted molar refractivity (Wildman–Crippen MR) is 68.0 cm³/mol. The highest BCUT2D eigenvalue weighted by molar-refractivity contribution is 6.32. The second-order valence-corrected chi connectivity index (χ2v) is 4.42. The van der Waals surface area contributed by atoms with Crippen LogP contribution in [-0.4, -0.2) is 26.2 Å². The van der Waals surface area contributed by atoms with E-state index < -0.39 is 0 Å². The van der Waals surface area contributed by atoms with Crippen LogP contribution in [0.4, 0.5) is 0 Å². The third kappa shape index (κ3) is 3.08. The number of esters is 1. The van der Waals surface area contributed by atoms with Gasteiger partial charge in [0.15, 0.2) is 0 Å². The second kappa shape index (κ2) is 5.34. The molecule has 1 heterocycles. The molecular formula is C13H14ClNO2. The van der Waals surface area contributed by atoms with Crippen molar-refractivity contribution < 1.29 is 9.53 Å². The van der Waals surface area contributed by atoms with E-state index in [4.69, 9.17) is 11.6 Å². The summed E-state index contributed by atoms with van der Waals surface area (Å²) in [6.45, 7) is 1.86. The number of ether oxygens (including phenoxy) is 1. The maximum atomic E-state index is 11.1. The van der Waals surface area contributed by atoms with E-state index in [0.29, 0.717) is 5.02 Å². The van der Waals surface area contributed by atoms with E-state index in [0.717, 1.165) is 24.2 Å². The van der Waals surface area contributed by atoms with Crippen LogP contribution in [0.3, 0.4) is 0 Å². The lowest BCUT2D eigenvalue weighted by atomic mass is 10.0. The summed E-state index contributed by atoms with van der Waals surface area (Å²) in [5, 5.41) is 3.85. The van der Waals surface area contributed by atoms with Crippen molar-refractivity contribution in [2.24, 2.45) is 0 Å². The molecule has 1 fully saturated rings. The Kier molecular flexibility index (Phi) is 3.82. The number of hydrogen-bond donors (Lipinski definition) is 1. The monoisotopic (exact) mass is 251 g/mol.